The maximum atomic E-state index is 6.07. The van der Waals surface area contributed by atoms with Gasteiger partial charge in [0, 0.05) is 40.8 Å². The summed E-state index contributed by atoms with van der Waals surface area (Å²) >= 11 is 6.07. The normalized spacial score (nSPS) is 22.4. The van der Waals surface area contributed by atoms with Crippen molar-refractivity contribution in [2.75, 3.05) is 7.05 Å². The topological polar surface area (TPSA) is 8.17 Å². The molecule has 0 aliphatic carbocycles. The number of benzene rings is 2. The molecule has 3 heteroatoms. The lowest BCUT2D eigenvalue weighted by molar-refractivity contribution is 0.223. The van der Waals surface area contributed by atoms with Crippen LogP contribution in [-0.4, -0.2) is 22.6 Å². The van der Waals surface area contributed by atoms with Crippen LogP contribution in [0.2, 0.25) is 5.02 Å². The molecule has 1 saturated heterocycles. The van der Waals surface area contributed by atoms with Crippen LogP contribution in [0.5, 0.6) is 0 Å². The number of aromatic nitrogens is 1. The summed E-state index contributed by atoms with van der Waals surface area (Å²) < 4.78 is 2.46. The molecule has 2 nitrogen and oxygen atoms in total. The first kappa shape index (κ1) is 17.1. The summed E-state index contributed by atoms with van der Waals surface area (Å²) in [7, 11) is 2.30. The number of fused-ring (bicyclic) bond motifs is 6. The summed E-state index contributed by atoms with van der Waals surface area (Å²) in [5.74, 6) is 0. The van der Waals surface area contributed by atoms with E-state index >= 15 is 0 Å². The molecule has 2 bridgehead atoms. The molecule has 27 heavy (non-hydrogen) atoms. The summed E-state index contributed by atoms with van der Waals surface area (Å²) in [6, 6.07) is 16.3. The number of hydrogen-bond donors (Lipinski definition) is 0. The molecule has 0 N–H and O–H groups in total. The Bertz CT molecular complexity index is 1060. The van der Waals surface area contributed by atoms with Crippen LogP contribution in [0, 0.1) is 6.92 Å². The van der Waals surface area contributed by atoms with Crippen molar-refractivity contribution in [2.45, 2.75) is 45.2 Å². The van der Waals surface area contributed by atoms with Gasteiger partial charge in [0.05, 0.1) is 5.52 Å². The molecule has 1 aromatic heterocycles. The second-order valence-corrected chi connectivity index (χ2v) is 8.62. The number of aryl methyl sites for hydroxylation is 1. The third-order valence-electron chi connectivity index (χ3n) is 6.53. The first-order valence-corrected chi connectivity index (χ1v) is 10.2. The van der Waals surface area contributed by atoms with Crippen LogP contribution in [0.25, 0.3) is 22.7 Å². The average Bonchev–Trinajstić information content (AvgIpc) is 3.06. The Hall–Kier alpha value is -2.03. The Kier molecular flexibility index (Phi) is 3.96. The van der Waals surface area contributed by atoms with E-state index in [9.17, 15) is 0 Å². The molecule has 0 spiro atoms. The molecule has 2 aromatic carbocycles. The van der Waals surface area contributed by atoms with Gasteiger partial charge in [-0.05, 0) is 74.7 Å². The van der Waals surface area contributed by atoms with Gasteiger partial charge in [0.2, 0.25) is 0 Å². The predicted octanol–water partition coefficient (Wildman–Crippen LogP) is 6.31. The molecule has 1 fully saturated rings. The minimum absolute atomic E-state index is 0.563. The first-order chi connectivity index (χ1) is 13.0. The van der Waals surface area contributed by atoms with Gasteiger partial charge >= 0.3 is 0 Å². The summed E-state index contributed by atoms with van der Waals surface area (Å²) in [6.07, 6.45) is 6.05. The molecule has 5 rings (SSSR count). The van der Waals surface area contributed by atoms with Gasteiger partial charge in [-0.1, -0.05) is 35.4 Å². The highest BCUT2D eigenvalue weighted by atomic mass is 35.5. The fraction of sp³-hybridized carbons (Fsp3) is 0.333. The highest BCUT2D eigenvalue weighted by molar-refractivity contribution is 6.30. The van der Waals surface area contributed by atoms with Gasteiger partial charge in [0.15, 0.2) is 0 Å². The number of nitrogens with zero attached hydrogens (tertiary/aromatic N) is 2. The van der Waals surface area contributed by atoms with Gasteiger partial charge in [-0.3, -0.25) is 4.90 Å². The summed E-state index contributed by atoms with van der Waals surface area (Å²) in [6.45, 7) is 4.39. The number of rotatable bonds is 2. The van der Waals surface area contributed by atoms with Gasteiger partial charge in [-0.15, -0.1) is 0 Å². The number of likely N-dealkylation sites (N-methyl/N-ethyl adjacent to an activating group) is 1. The van der Waals surface area contributed by atoms with Crippen LogP contribution < -0.4 is 0 Å². The summed E-state index contributed by atoms with van der Waals surface area (Å²) in [4.78, 5) is 2.60. The van der Waals surface area contributed by atoms with E-state index in [4.69, 9.17) is 11.6 Å². The third-order valence-corrected chi connectivity index (χ3v) is 6.78. The van der Waals surface area contributed by atoms with E-state index < -0.39 is 0 Å². The monoisotopic (exact) mass is 376 g/mol. The first-order valence-electron chi connectivity index (χ1n) is 9.82. The van der Waals surface area contributed by atoms with E-state index in [2.05, 4.69) is 66.9 Å². The standard InChI is InChI=1S/C24H25ClN2/c1-15-4-10-21-20(12-15)24-22-11-9-19(26(22)3)13-23(24)27(21)14-16(2)17-5-7-18(25)8-6-17/h4-8,10,12,14,19,22H,9,11,13H2,1-3H3. The molecule has 2 unspecified atom stereocenters. The zero-order valence-electron chi connectivity index (χ0n) is 16.2. The fourth-order valence-electron chi connectivity index (χ4n) is 5.04. The Morgan fingerprint density at radius 2 is 1.89 bits per heavy atom. The zero-order chi connectivity index (χ0) is 18.7. The molecule has 0 radical (unpaired) electrons. The molecule has 3 heterocycles. The van der Waals surface area contributed by atoms with Crippen molar-refractivity contribution in [3.05, 3.63) is 69.9 Å². The predicted molar refractivity (Wildman–Crippen MR) is 115 cm³/mol. The summed E-state index contributed by atoms with van der Waals surface area (Å²) in [5.41, 5.74) is 8.22. The second kappa shape index (κ2) is 6.25. The Labute approximate surface area is 166 Å². The van der Waals surface area contributed by atoms with Crippen LogP contribution in [0.15, 0.2) is 42.5 Å². The van der Waals surface area contributed by atoms with Crippen LogP contribution in [-0.2, 0) is 6.42 Å². The van der Waals surface area contributed by atoms with Crippen molar-refractivity contribution in [3.63, 3.8) is 0 Å². The van der Waals surface area contributed by atoms with Gasteiger partial charge in [0.1, 0.15) is 0 Å². The Morgan fingerprint density at radius 1 is 1.11 bits per heavy atom. The average molecular weight is 377 g/mol. The Morgan fingerprint density at radius 3 is 2.67 bits per heavy atom. The van der Waals surface area contributed by atoms with Crippen LogP contribution in [0.4, 0.5) is 0 Å². The van der Waals surface area contributed by atoms with E-state index in [1.54, 1.807) is 5.56 Å². The second-order valence-electron chi connectivity index (χ2n) is 8.19. The number of hydrogen-bond acceptors (Lipinski definition) is 1. The molecule has 2 aliphatic rings. The maximum Gasteiger partial charge on any atom is 0.0529 e. The van der Waals surface area contributed by atoms with Gasteiger partial charge in [0.25, 0.3) is 0 Å². The maximum absolute atomic E-state index is 6.07. The molecule has 2 atom stereocenters. The minimum atomic E-state index is 0.563. The lowest BCUT2D eigenvalue weighted by Crippen LogP contribution is -2.34. The molecule has 2 aliphatic heterocycles. The van der Waals surface area contributed by atoms with Crippen LogP contribution >= 0.6 is 11.6 Å². The SMILES string of the molecule is CC(=Cn1c2c(c3cc(C)ccc31)C1CCC(C2)N1C)c1ccc(Cl)cc1. The smallest absolute Gasteiger partial charge is 0.0529 e. The molecule has 3 aromatic rings. The van der Waals surface area contributed by atoms with E-state index in [-0.39, 0.29) is 0 Å². The van der Waals surface area contributed by atoms with Gasteiger partial charge < -0.3 is 4.57 Å². The van der Waals surface area contributed by atoms with Crippen molar-refractivity contribution in [2.24, 2.45) is 0 Å². The highest BCUT2D eigenvalue weighted by Gasteiger charge is 2.40. The zero-order valence-corrected chi connectivity index (χ0v) is 16.9. The molecule has 0 amide bonds. The third kappa shape index (κ3) is 2.66. The van der Waals surface area contributed by atoms with Crippen LogP contribution in [0.1, 0.15) is 48.2 Å². The van der Waals surface area contributed by atoms with Gasteiger partial charge in [-0.25, -0.2) is 0 Å². The van der Waals surface area contributed by atoms with Crippen molar-refractivity contribution in [3.8, 4) is 0 Å². The molecule has 138 valence electrons. The van der Waals surface area contributed by atoms with Crippen molar-refractivity contribution in [1.82, 2.24) is 9.47 Å². The van der Waals surface area contributed by atoms with E-state index in [0.717, 1.165) is 11.4 Å². The fourth-order valence-corrected chi connectivity index (χ4v) is 5.17. The summed E-state index contributed by atoms with van der Waals surface area (Å²) in [5, 5.41) is 2.22. The minimum Gasteiger partial charge on any atom is -0.320 e. The molecular formula is C24H25ClN2. The number of allylic oxidation sites excluding steroid dienone is 1. The van der Waals surface area contributed by atoms with Crippen molar-refractivity contribution >= 4 is 34.3 Å². The van der Waals surface area contributed by atoms with E-state index in [1.165, 1.54) is 46.1 Å². The Balaban J connectivity index is 1.72. The largest absolute Gasteiger partial charge is 0.320 e. The van der Waals surface area contributed by atoms with Crippen LogP contribution in [0.3, 0.4) is 0 Å². The van der Waals surface area contributed by atoms with Crippen molar-refractivity contribution in [1.29, 1.82) is 0 Å². The quantitative estimate of drug-likeness (QED) is 0.508. The molecular weight excluding hydrogens is 352 g/mol. The van der Waals surface area contributed by atoms with E-state index in [1.807, 2.05) is 12.1 Å². The van der Waals surface area contributed by atoms with E-state index in [0.29, 0.717) is 12.1 Å². The lowest BCUT2D eigenvalue weighted by Gasteiger charge is -2.32. The highest BCUT2D eigenvalue weighted by Crippen LogP contribution is 2.47. The molecule has 0 saturated carbocycles. The number of halogens is 1. The van der Waals surface area contributed by atoms with Gasteiger partial charge in [-0.2, -0.15) is 0 Å². The lowest BCUT2D eigenvalue weighted by atomic mass is 9.97. The van der Waals surface area contributed by atoms with Crippen molar-refractivity contribution < 1.29 is 0 Å².